The number of para-hydroxylation sites is 1. The minimum Gasteiger partial charge on any atom is -0.486 e. The fourth-order valence-electron chi connectivity index (χ4n) is 2.13. The summed E-state index contributed by atoms with van der Waals surface area (Å²) >= 11 is 11.5. The molecule has 0 saturated carbocycles. The third-order valence-electron chi connectivity index (χ3n) is 3.07. The van der Waals surface area contributed by atoms with Crippen LogP contribution in [0.4, 0.5) is 5.69 Å². The van der Waals surface area contributed by atoms with E-state index in [-0.39, 0.29) is 0 Å². The van der Waals surface area contributed by atoms with Gasteiger partial charge in [0.2, 0.25) is 0 Å². The standard InChI is InChI=1S/C15H12ClNOS/c16-12-5-3-6-13(8-12)17-9-11-4-1-2-7-14(11)18-10-15(17)19/h1-8H,9-10H2. The van der Waals surface area contributed by atoms with E-state index in [2.05, 4.69) is 11.0 Å². The molecule has 0 aromatic heterocycles. The molecule has 0 fully saturated rings. The smallest absolute Gasteiger partial charge is 0.139 e. The number of rotatable bonds is 1. The molecule has 0 atom stereocenters. The zero-order valence-corrected chi connectivity index (χ0v) is 11.7. The molecule has 0 spiro atoms. The number of fused-ring (bicyclic) bond motifs is 1. The van der Waals surface area contributed by atoms with Gasteiger partial charge in [0.05, 0.1) is 6.54 Å². The average Bonchev–Trinajstić information content (AvgIpc) is 2.59. The number of ether oxygens (including phenoxy) is 1. The Morgan fingerprint density at radius 3 is 2.79 bits per heavy atom. The summed E-state index contributed by atoms with van der Waals surface area (Å²) in [7, 11) is 0. The molecule has 0 bridgehead atoms. The maximum absolute atomic E-state index is 6.05. The largest absolute Gasteiger partial charge is 0.486 e. The summed E-state index contributed by atoms with van der Waals surface area (Å²) in [4.78, 5) is 2.83. The molecule has 4 heteroatoms. The number of thiocarbonyl (C=S) groups is 1. The lowest BCUT2D eigenvalue weighted by Crippen LogP contribution is -2.30. The number of anilines is 1. The van der Waals surface area contributed by atoms with Crippen molar-refractivity contribution in [3.63, 3.8) is 0 Å². The van der Waals surface area contributed by atoms with Gasteiger partial charge in [-0.15, -0.1) is 0 Å². The van der Waals surface area contributed by atoms with E-state index in [9.17, 15) is 0 Å². The first-order valence-electron chi connectivity index (χ1n) is 6.01. The quantitative estimate of drug-likeness (QED) is 0.735. The van der Waals surface area contributed by atoms with Crippen LogP contribution in [0.3, 0.4) is 0 Å². The van der Waals surface area contributed by atoms with Crippen LogP contribution in [-0.2, 0) is 6.54 Å². The van der Waals surface area contributed by atoms with Crippen molar-refractivity contribution in [2.75, 3.05) is 11.5 Å². The Balaban J connectivity index is 1.99. The van der Waals surface area contributed by atoms with Gasteiger partial charge in [0.15, 0.2) is 0 Å². The van der Waals surface area contributed by atoms with E-state index >= 15 is 0 Å². The molecule has 1 heterocycles. The summed E-state index contributed by atoms with van der Waals surface area (Å²) < 4.78 is 5.73. The molecular weight excluding hydrogens is 278 g/mol. The first-order chi connectivity index (χ1) is 9.24. The number of benzene rings is 2. The molecule has 0 saturated heterocycles. The monoisotopic (exact) mass is 289 g/mol. The Hall–Kier alpha value is -1.58. The van der Waals surface area contributed by atoms with Gasteiger partial charge in [-0.3, -0.25) is 0 Å². The predicted molar refractivity (Wildman–Crippen MR) is 82.2 cm³/mol. The van der Waals surface area contributed by atoms with Crippen LogP contribution in [0.2, 0.25) is 5.02 Å². The summed E-state index contributed by atoms with van der Waals surface area (Å²) in [5.74, 6) is 0.898. The normalized spacial score (nSPS) is 14.6. The molecule has 19 heavy (non-hydrogen) atoms. The maximum Gasteiger partial charge on any atom is 0.139 e. The Kier molecular flexibility index (Phi) is 3.40. The third kappa shape index (κ3) is 2.57. The van der Waals surface area contributed by atoms with E-state index in [0.717, 1.165) is 22.0 Å². The van der Waals surface area contributed by atoms with E-state index in [4.69, 9.17) is 28.6 Å². The van der Waals surface area contributed by atoms with E-state index in [1.807, 2.05) is 42.5 Å². The first kappa shape index (κ1) is 12.5. The van der Waals surface area contributed by atoms with Crippen LogP contribution in [0.5, 0.6) is 5.75 Å². The van der Waals surface area contributed by atoms with Gasteiger partial charge in [-0.25, -0.2) is 0 Å². The Labute approximate surface area is 122 Å². The van der Waals surface area contributed by atoms with Crippen LogP contribution >= 0.6 is 23.8 Å². The van der Waals surface area contributed by atoms with Crippen LogP contribution in [0.15, 0.2) is 48.5 Å². The Morgan fingerprint density at radius 1 is 1.11 bits per heavy atom. The maximum atomic E-state index is 6.05. The van der Waals surface area contributed by atoms with Crippen LogP contribution in [0.1, 0.15) is 5.56 Å². The molecule has 0 aliphatic carbocycles. The lowest BCUT2D eigenvalue weighted by atomic mass is 10.2. The zero-order chi connectivity index (χ0) is 13.2. The lowest BCUT2D eigenvalue weighted by molar-refractivity contribution is 0.378. The summed E-state index contributed by atoms with van der Waals surface area (Å²) in [5.41, 5.74) is 2.13. The second-order valence-electron chi connectivity index (χ2n) is 4.36. The number of nitrogens with zero attached hydrogens (tertiary/aromatic N) is 1. The second kappa shape index (κ2) is 5.19. The minimum absolute atomic E-state index is 0.416. The zero-order valence-electron chi connectivity index (χ0n) is 10.2. The Morgan fingerprint density at radius 2 is 1.95 bits per heavy atom. The highest BCUT2D eigenvalue weighted by Crippen LogP contribution is 2.28. The van der Waals surface area contributed by atoms with Crippen LogP contribution in [0.25, 0.3) is 0 Å². The number of hydrogen-bond donors (Lipinski definition) is 0. The van der Waals surface area contributed by atoms with Gasteiger partial charge in [-0.2, -0.15) is 0 Å². The summed E-state index contributed by atoms with van der Waals surface area (Å²) in [5, 5.41) is 0.707. The van der Waals surface area contributed by atoms with Crippen molar-refractivity contribution in [2.45, 2.75) is 6.54 Å². The van der Waals surface area contributed by atoms with Crippen LogP contribution in [0, 0.1) is 0 Å². The molecule has 2 nitrogen and oxygen atoms in total. The van der Waals surface area contributed by atoms with Gasteiger partial charge in [0.25, 0.3) is 0 Å². The van der Waals surface area contributed by atoms with Crippen LogP contribution in [-0.4, -0.2) is 11.6 Å². The highest BCUT2D eigenvalue weighted by molar-refractivity contribution is 7.80. The van der Waals surface area contributed by atoms with Gasteiger partial charge in [-0.1, -0.05) is 48.1 Å². The molecule has 0 amide bonds. The van der Waals surface area contributed by atoms with E-state index in [1.54, 1.807) is 0 Å². The number of halogens is 1. The SMILES string of the molecule is S=C1COc2ccccc2CN1c1cccc(Cl)c1. The summed E-state index contributed by atoms with van der Waals surface area (Å²) in [6, 6.07) is 15.7. The first-order valence-corrected chi connectivity index (χ1v) is 6.79. The highest BCUT2D eigenvalue weighted by Gasteiger charge is 2.19. The molecule has 1 aliphatic rings. The van der Waals surface area contributed by atoms with E-state index in [1.165, 1.54) is 0 Å². The van der Waals surface area contributed by atoms with Gasteiger partial charge >= 0.3 is 0 Å². The average molecular weight is 290 g/mol. The topological polar surface area (TPSA) is 12.5 Å². The minimum atomic E-state index is 0.416. The van der Waals surface area contributed by atoms with Crippen molar-refractivity contribution in [1.82, 2.24) is 0 Å². The summed E-state index contributed by atoms with van der Waals surface area (Å²) in [6.45, 7) is 1.12. The van der Waals surface area contributed by atoms with Crippen LogP contribution < -0.4 is 9.64 Å². The van der Waals surface area contributed by atoms with Gasteiger partial charge in [0, 0.05) is 16.3 Å². The van der Waals surface area contributed by atoms with Crippen molar-refractivity contribution >= 4 is 34.5 Å². The van der Waals surface area contributed by atoms with E-state index in [0.29, 0.717) is 18.2 Å². The molecular formula is C15H12ClNOS. The van der Waals surface area contributed by atoms with Gasteiger partial charge in [0.1, 0.15) is 17.3 Å². The van der Waals surface area contributed by atoms with Crippen molar-refractivity contribution in [2.24, 2.45) is 0 Å². The van der Waals surface area contributed by atoms with Crippen molar-refractivity contribution in [3.8, 4) is 5.75 Å². The highest BCUT2D eigenvalue weighted by atomic mass is 35.5. The molecule has 0 radical (unpaired) electrons. The second-order valence-corrected chi connectivity index (χ2v) is 5.26. The molecule has 2 aromatic carbocycles. The van der Waals surface area contributed by atoms with Crippen molar-refractivity contribution < 1.29 is 4.74 Å². The fraction of sp³-hybridized carbons (Fsp3) is 0.133. The summed E-state index contributed by atoms with van der Waals surface area (Å²) in [6.07, 6.45) is 0. The fourth-order valence-corrected chi connectivity index (χ4v) is 2.54. The number of hydrogen-bond acceptors (Lipinski definition) is 2. The molecule has 0 unspecified atom stereocenters. The molecule has 0 N–H and O–H groups in total. The molecule has 1 aliphatic heterocycles. The van der Waals surface area contributed by atoms with Crippen molar-refractivity contribution in [3.05, 3.63) is 59.1 Å². The predicted octanol–water partition coefficient (Wildman–Crippen LogP) is 4.07. The molecule has 3 rings (SSSR count). The van der Waals surface area contributed by atoms with E-state index < -0.39 is 0 Å². The van der Waals surface area contributed by atoms with Crippen molar-refractivity contribution in [1.29, 1.82) is 0 Å². The Bertz CT molecular complexity index is 629. The van der Waals surface area contributed by atoms with Gasteiger partial charge in [-0.05, 0) is 24.3 Å². The molecule has 2 aromatic rings. The third-order valence-corrected chi connectivity index (χ3v) is 3.65. The lowest BCUT2D eigenvalue weighted by Gasteiger charge is -2.22. The van der Waals surface area contributed by atoms with Gasteiger partial charge < -0.3 is 9.64 Å². The molecule has 96 valence electrons.